The summed E-state index contributed by atoms with van der Waals surface area (Å²) < 4.78 is 0. The predicted octanol–water partition coefficient (Wildman–Crippen LogP) is 2.09. The lowest BCUT2D eigenvalue weighted by atomic mass is 10.0. The van der Waals surface area contributed by atoms with Gasteiger partial charge in [0, 0.05) is 24.4 Å². The van der Waals surface area contributed by atoms with Crippen molar-refractivity contribution in [3.05, 3.63) is 65.1 Å². The summed E-state index contributed by atoms with van der Waals surface area (Å²) in [6, 6.07) is 8.26. The summed E-state index contributed by atoms with van der Waals surface area (Å²) in [6.45, 7) is 1.78. The fourth-order valence-corrected chi connectivity index (χ4v) is 3.92. The van der Waals surface area contributed by atoms with Gasteiger partial charge in [0.1, 0.15) is 11.7 Å². The van der Waals surface area contributed by atoms with Gasteiger partial charge in [-0.05, 0) is 43.2 Å². The molecule has 11 nitrogen and oxygen atoms in total. The van der Waals surface area contributed by atoms with E-state index in [1.54, 1.807) is 43.3 Å². The average molecular weight is 497 g/mol. The summed E-state index contributed by atoms with van der Waals surface area (Å²) in [5.74, 6) is -2.41. The van der Waals surface area contributed by atoms with Crippen LogP contribution in [0.3, 0.4) is 0 Å². The Morgan fingerprint density at radius 3 is 2.74 bits per heavy atom. The lowest BCUT2D eigenvalue weighted by molar-refractivity contribution is -0.149. The van der Waals surface area contributed by atoms with Crippen LogP contribution in [0.5, 0.6) is 0 Å². The van der Waals surface area contributed by atoms with Crippen molar-refractivity contribution >= 4 is 52.6 Å². The van der Waals surface area contributed by atoms with Crippen molar-refractivity contribution in [1.29, 1.82) is 0 Å². The molecule has 6 amide bonds. The van der Waals surface area contributed by atoms with Crippen LogP contribution in [0, 0.1) is 0 Å². The zero-order valence-corrected chi connectivity index (χ0v) is 19.3. The molecule has 12 heteroatoms. The van der Waals surface area contributed by atoms with Crippen LogP contribution >= 0.6 is 11.6 Å². The topological polar surface area (TPSA) is 150 Å². The first-order chi connectivity index (χ1) is 16.7. The fraction of sp³-hybridized carbons (Fsp3) is 0.217. The van der Waals surface area contributed by atoms with E-state index in [-0.39, 0.29) is 23.7 Å². The number of hydrogen-bond donors (Lipinski definition) is 4. The smallest absolute Gasteiger partial charge is 0.319 e. The Balaban J connectivity index is 1.40. The maximum Gasteiger partial charge on any atom is 0.319 e. The van der Waals surface area contributed by atoms with Gasteiger partial charge in [-0.2, -0.15) is 0 Å². The molecule has 180 valence electrons. The van der Waals surface area contributed by atoms with E-state index >= 15 is 0 Å². The van der Waals surface area contributed by atoms with Crippen LogP contribution < -0.4 is 21.3 Å². The van der Waals surface area contributed by atoms with E-state index in [9.17, 15) is 24.0 Å². The van der Waals surface area contributed by atoms with Gasteiger partial charge in [0.05, 0.1) is 11.7 Å². The molecular weight excluding hydrogens is 476 g/mol. The fourth-order valence-electron chi connectivity index (χ4n) is 3.76. The van der Waals surface area contributed by atoms with Crippen LogP contribution in [0.1, 0.15) is 31.4 Å². The molecule has 0 radical (unpaired) electrons. The standard InChI is InChI=1S/C23H21ClN6O5/c1-12(26-23(35)28-15-6-3-9-25-20(15)24)13-4-2-5-14(10-13)27-16-11-19(32)30(22(16)34)17-7-8-18(31)29-21(17)33/h2-6,9-12,17,27H,7-8H2,1H3,(H2,26,28,35)(H,29,31,33). The third-order valence-corrected chi connectivity index (χ3v) is 5.80. The molecule has 35 heavy (non-hydrogen) atoms. The van der Waals surface area contributed by atoms with Crippen molar-refractivity contribution in [2.75, 3.05) is 10.6 Å². The van der Waals surface area contributed by atoms with Crippen LogP contribution in [0.2, 0.25) is 5.15 Å². The Kier molecular flexibility index (Phi) is 6.78. The number of imide groups is 2. The molecule has 0 aliphatic carbocycles. The number of piperidine rings is 1. The van der Waals surface area contributed by atoms with E-state index in [0.717, 1.165) is 16.5 Å². The normalized spacial score (nSPS) is 18.6. The average Bonchev–Trinajstić information content (AvgIpc) is 3.08. The maximum absolute atomic E-state index is 12.8. The maximum atomic E-state index is 12.8. The Labute approximate surface area is 204 Å². The van der Waals surface area contributed by atoms with Gasteiger partial charge in [0.25, 0.3) is 11.8 Å². The second kappa shape index (κ2) is 9.94. The van der Waals surface area contributed by atoms with Gasteiger partial charge in [-0.15, -0.1) is 0 Å². The molecule has 2 aliphatic heterocycles. The molecule has 0 saturated carbocycles. The predicted molar refractivity (Wildman–Crippen MR) is 126 cm³/mol. The number of pyridine rings is 1. The molecule has 3 heterocycles. The summed E-state index contributed by atoms with van der Waals surface area (Å²) >= 11 is 5.96. The minimum Gasteiger partial charge on any atom is -0.351 e. The van der Waals surface area contributed by atoms with Crippen LogP contribution in [-0.2, 0) is 19.2 Å². The number of hydrogen-bond acceptors (Lipinski definition) is 7. The molecule has 2 aliphatic rings. The second-order valence-electron chi connectivity index (χ2n) is 7.95. The third kappa shape index (κ3) is 5.30. The molecule has 2 atom stereocenters. The third-order valence-electron chi connectivity index (χ3n) is 5.50. The van der Waals surface area contributed by atoms with Crippen molar-refractivity contribution in [3.8, 4) is 0 Å². The quantitative estimate of drug-likeness (QED) is 0.353. The number of rotatable bonds is 6. The lowest BCUT2D eigenvalue weighted by Crippen LogP contribution is -2.54. The van der Waals surface area contributed by atoms with Crippen LogP contribution in [0.15, 0.2) is 54.4 Å². The Morgan fingerprint density at radius 2 is 2.00 bits per heavy atom. The van der Waals surface area contributed by atoms with Gasteiger partial charge >= 0.3 is 6.03 Å². The molecule has 1 aromatic heterocycles. The number of nitrogens with zero attached hydrogens (tertiary/aromatic N) is 2. The number of aromatic nitrogens is 1. The van der Waals surface area contributed by atoms with Crippen molar-refractivity contribution in [2.45, 2.75) is 31.8 Å². The number of halogens is 1. The minimum absolute atomic E-state index is 0.00132. The van der Waals surface area contributed by atoms with E-state index in [1.807, 2.05) is 0 Å². The second-order valence-corrected chi connectivity index (χ2v) is 8.31. The van der Waals surface area contributed by atoms with Crippen LogP contribution in [-0.4, -0.2) is 45.6 Å². The molecule has 0 bridgehead atoms. The number of carbonyl (C=O) groups is 5. The van der Waals surface area contributed by atoms with Gasteiger partial charge in [0.2, 0.25) is 11.8 Å². The van der Waals surface area contributed by atoms with Gasteiger partial charge in [0.15, 0.2) is 5.15 Å². The highest BCUT2D eigenvalue weighted by atomic mass is 35.5. The van der Waals surface area contributed by atoms with Crippen molar-refractivity contribution in [2.24, 2.45) is 0 Å². The summed E-state index contributed by atoms with van der Waals surface area (Å²) in [4.78, 5) is 65.9. The highest BCUT2D eigenvalue weighted by molar-refractivity contribution is 6.32. The zero-order chi connectivity index (χ0) is 25.1. The number of nitrogens with one attached hydrogen (secondary N) is 4. The molecule has 2 aromatic rings. The molecule has 4 rings (SSSR count). The zero-order valence-electron chi connectivity index (χ0n) is 18.5. The minimum atomic E-state index is -1.04. The Morgan fingerprint density at radius 1 is 1.20 bits per heavy atom. The number of anilines is 2. The number of urea groups is 1. The molecule has 2 unspecified atom stereocenters. The van der Waals surface area contributed by atoms with Gasteiger partial charge in [-0.3, -0.25) is 29.4 Å². The van der Waals surface area contributed by atoms with E-state index in [2.05, 4.69) is 26.3 Å². The first kappa shape index (κ1) is 23.9. The van der Waals surface area contributed by atoms with Crippen LogP contribution in [0.25, 0.3) is 0 Å². The van der Waals surface area contributed by atoms with Crippen molar-refractivity contribution < 1.29 is 24.0 Å². The van der Waals surface area contributed by atoms with Crippen molar-refractivity contribution in [3.63, 3.8) is 0 Å². The monoisotopic (exact) mass is 496 g/mol. The molecule has 1 aromatic carbocycles. The van der Waals surface area contributed by atoms with E-state index in [0.29, 0.717) is 11.4 Å². The van der Waals surface area contributed by atoms with E-state index in [1.165, 1.54) is 6.20 Å². The molecular formula is C23H21ClN6O5. The first-order valence-electron chi connectivity index (χ1n) is 10.7. The Hall–Kier alpha value is -4.25. The van der Waals surface area contributed by atoms with Gasteiger partial charge < -0.3 is 16.0 Å². The van der Waals surface area contributed by atoms with Gasteiger partial charge in [-0.25, -0.2) is 9.78 Å². The summed E-state index contributed by atoms with van der Waals surface area (Å²) in [5.41, 5.74) is 1.60. The SMILES string of the molecule is CC(NC(=O)Nc1cccnc1Cl)c1cccc(NC2=CC(=O)N(C3CCC(=O)NC3=O)C2=O)c1. The highest BCUT2D eigenvalue weighted by Crippen LogP contribution is 2.25. The first-order valence-corrected chi connectivity index (χ1v) is 11.1. The van der Waals surface area contributed by atoms with Crippen molar-refractivity contribution in [1.82, 2.24) is 20.5 Å². The highest BCUT2D eigenvalue weighted by Gasteiger charge is 2.42. The summed E-state index contributed by atoms with van der Waals surface area (Å²) in [6.07, 6.45) is 2.75. The number of benzene rings is 1. The summed E-state index contributed by atoms with van der Waals surface area (Å²) in [7, 11) is 0. The lowest BCUT2D eigenvalue weighted by Gasteiger charge is -2.28. The molecule has 0 spiro atoms. The van der Waals surface area contributed by atoms with Gasteiger partial charge in [-0.1, -0.05) is 23.7 Å². The van der Waals surface area contributed by atoms with Crippen LogP contribution in [0.4, 0.5) is 16.2 Å². The van der Waals surface area contributed by atoms with E-state index < -0.39 is 41.7 Å². The molecule has 1 saturated heterocycles. The van der Waals surface area contributed by atoms with E-state index in [4.69, 9.17) is 11.6 Å². The molecule has 4 N–H and O–H groups in total. The number of carbonyl (C=O) groups excluding carboxylic acids is 5. The number of amides is 6. The Bertz CT molecular complexity index is 1260. The largest absolute Gasteiger partial charge is 0.351 e. The summed E-state index contributed by atoms with van der Waals surface area (Å²) in [5, 5.41) is 10.6. The molecule has 1 fully saturated rings.